The minimum absolute atomic E-state index is 0.0361. The van der Waals surface area contributed by atoms with E-state index in [0.29, 0.717) is 24.9 Å². The van der Waals surface area contributed by atoms with Crippen LogP contribution in [-0.4, -0.2) is 22.4 Å². The molecule has 2 aromatic heterocycles. The normalized spacial score (nSPS) is 18.2. The fourth-order valence-corrected chi connectivity index (χ4v) is 3.08. The number of aromatic nitrogens is 1. The molecule has 0 amide bonds. The minimum atomic E-state index is -0.579. The molecule has 0 N–H and O–H groups in total. The van der Waals surface area contributed by atoms with Gasteiger partial charge in [0, 0.05) is 17.8 Å². The molecule has 1 atom stereocenters. The number of ketones is 1. The molecule has 2 aromatic rings. The monoisotopic (exact) mass is 315 g/mol. The van der Waals surface area contributed by atoms with E-state index < -0.39 is 12.1 Å². The maximum atomic E-state index is 12.4. The predicted octanol–water partition coefficient (Wildman–Crippen LogP) is 3.41. The summed E-state index contributed by atoms with van der Waals surface area (Å²) in [5, 5.41) is 0. The van der Waals surface area contributed by atoms with Gasteiger partial charge in [-0.15, -0.1) is 0 Å². The summed E-state index contributed by atoms with van der Waals surface area (Å²) in [7, 11) is 0. The molecular weight excluding hydrogens is 294 g/mol. The van der Waals surface area contributed by atoms with Gasteiger partial charge >= 0.3 is 5.97 Å². The number of nitrogens with zero attached hydrogens (tertiary/aromatic N) is 1. The molecule has 0 spiro atoms. The minimum Gasteiger partial charge on any atom is -0.467 e. The largest absolute Gasteiger partial charge is 0.467 e. The quantitative estimate of drug-likeness (QED) is 0.811. The highest BCUT2D eigenvalue weighted by atomic mass is 16.5. The van der Waals surface area contributed by atoms with Gasteiger partial charge in [0.15, 0.2) is 11.9 Å². The van der Waals surface area contributed by atoms with Crippen LogP contribution >= 0.6 is 0 Å². The zero-order chi connectivity index (χ0) is 16.4. The molecule has 3 rings (SSSR count). The van der Waals surface area contributed by atoms with Gasteiger partial charge in [-0.3, -0.25) is 4.79 Å². The molecule has 1 aliphatic carbocycles. The number of Topliss-reactive ketones (excluding diaryl/α,β-unsaturated/α-hetero) is 1. The van der Waals surface area contributed by atoms with Crippen molar-refractivity contribution < 1.29 is 18.7 Å². The van der Waals surface area contributed by atoms with Gasteiger partial charge in [0.25, 0.3) is 0 Å². The number of hydrogen-bond acceptors (Lipinski definition) is 4. The fraction of sp³-hybridized carbons (Fsp3) is 0.444. The van der Waals surface area contributed by atoms with Gasteiger partial charge in [-0.25, -0.2) is 4.79 Å². The standard InChI is InChI=1S/C18H21NO4/c1-12-10-15(13(2)19(12)11-14-6-5-9-22-14)18(21)23-17-8-4-3-7-16(17)20/h5-6,9-10,17H,3-4,7-8,11H2,1-2H3/t17-/m0/s1. The third-order valence-corrected chi connectivity index (χ3v) is 4.44. The number of furan rings is 1. The average Bonchev–Trinajstić information content (AvgIpc) is 3.13. The first-order chi connectivity index (χ1) is 11.1. The summed E-state index contributed by atoms with van der Waals surface area (Å²) in [6, 6.07) is 5.55. The lowest BCUT2D eigenvalue weighted by atomic mass is 9.96. The maximum absolute atomic E-state index is 12.4. The molecule has 1 saturated carbocycles. The Bertz CT molecular complexity index is 712. The van der Waals surface area contributed by atoms with Crippen molar-refractivity contribution >= 4 is 11.8 Å². The van der Waals surface area contributed by atoms with Crippen LogP contribution in [0.25, 0.3) is 0 Å². The summed E-state index contributed by atoms with van der Waals surface area (Å²) in [5.74, 6) is 0.451. The van der Waals surface area contributed by atoms with Crippen LogP contribution < -0.4 is 0 Å². The van der Waals surface area contributed by atoms with Crippen LogP contribution in [0.2, 0.25) is 0 Å². The van der Waals surface area contributed by atoms with Crippen LogP contribution in [0.15, 0.2) is 28.9 Å². The summed E-state index contributed by atoms with van der Waals surface area (Å²) in [6.07, 6.45) is 4.02. The Hall–Kier alpha value is -2.30. The second kappa shape index (κ2) is 6.44. The molecule has 0 radical (unpaired) electrons. The average molecular weight is 315 g/mol. The SMILES string of the molecule is Cc1cc(C(=O)O[C@H]2CCCCC2=O)c(C)n1Cc1ccco1. The first-order valence-electron chi connectivity index (χ1n) is 7.99. The van der Waals surface area contributed by atoms with Crippen molar-refractivity contribution in [3.05, 3.63) is 47.2 Å². The Balaban J connectivity index is 1.77. The molecule has 5 nitrogen and oxygen atoms in total. The van der Waals surface area contributed by atoms with Crippen molar-refractivity contribution in [2.24, 2.45) is 0 Å². The molecule has 0 aliphatic heterocycles. The van der Waals surface area contributed by atoms with Crippen LogP contribution in [0.5, 0.6) is 0 Å². The predicted molar refractivity (Wildman–Crippen MR) is 84.4 cm³/mol. The van der Waals surface area contributed by atoms with E-state index in [1.807, 2.05) is 36.6 Å². The third kappa shape index (κ3) is 3.23. The van der Waals surface area contributed by atoms with Gasteiger partial charge in [-0.2, -0.15) is 0 Å². The Morgan fingerprint density at radius 3 is 2.91 bits per heavy atom. The number of ether oxygens (including phenoxy) is 1. The second-order valence-corrected chi connectivity index (χ2v) is 6.06. The van der Waals surface area contributed by atoms with E-state index in [2.05, 4.69) is 0 Å². The molecule has 0 bridgehead atoms. The zero-order valence-corrected chi connectivity index (χ0v) is 13.5. The molecule has 1 aliphatic rings. The molecule has 1 fully saturated rings. The van der Waals surface area contributed by atoms with E-state index >= 15 is 0 Å². The van der Waals surface area contributed by atoms with E-state index in [0.717, 1.165) is 30.0 Å². The second-order valence-electron chi connectivity index (χ2n) is 6.06. The highest BCUT2D eigenvalue weighted by Crippen LogP contribution is 2.22. The maximum Gasteiger partial charge on any atom is 0.340 e. The van der Waals surface area contributed by atoms with Crippen molar-refractivity contribution in [3.63, 3.8) is 0 Å². The lowest BCUT2D eigenvalue weighted by Gasteiger charge is -2.20. The lowest BCUT2D eigenvalue weighted by Crippen LogP contribution is -2.30. The third-order valence-electron chi connectivity index (χ3n) is 4.44. The summed E-state index contributed by atoms with van der Waals surface area (Å²) in [4.78, 5) is 24.3. The van der Waals surface area contributed by atoms with Crippen LogP contribution in [0.1, 0.15) is 53.2 Å². The van der Waals surface area contributed by atoms with E-state index in [1.165, 1.54) is 0 Å². The highest BCUT2D eigenvalue weighted by molar-refractivity contribution is 5.94. The van der Waals surface area contributed by atoms with E-state index in [1.54, 1.807) is 6.26 Å². The Kier molecular flexibility index (Phi) is 4.37. The van der Waals surface area contributed by atoms with Crippen molar-refractivity contribution in [1.29, 1.82) is 0 Å². The number of aryl methyl sites for hydroxylation is 1. The summed E-state index contributed by atoms with van der Waals surface area (Å²) >= 11 is 0. The topological polar surface area (TPSA) is 61.4 Å². The van der Waals surface area contributed by atoms with Gasteiger partial charge < -0.3 is 13.7 Å². The molecule has 0 aromatic carbocycles. The van der Waals surface area contributed by atoms with E-state index in [-0.39, 0.29) is 5.78 Å². The molecule has 0 saturated heterocycles. The Morgan fingerprint density at radius 2 is 2.22 bits per heavy atom. The summed E-state index contributed by atoms with van der Waals surface area (Å²) in [6.45, 7) is 4.40. The number of carbonyl (C=O) groups excluding carboxylic acids is 2. The number of hydrogen-bond donors (Lipinski definition) is 0. The van der Waals surface area contributed by atoms with E-state index in [9.17, 15) is 9.59 Å². The number of carbonyl (C=O) groups is 2. The molecule has 0 unspecified atom stereocenters. The van der Waals surface area contributed by atoms with Gasteiger partial charge in [-0.05, 0) is 51.3 Å². The van der Waals surface area contributed by atoms with Gasteiger partial charge in [-0.1, -0.05) is 0 Å². The van der Waals surface area contributed by atoms with Crippen molar-refractivity contribution in [3.8, 4) is 0 Å². The van der Waals surface area contributed by atoms with Crippen molar-refractivity contribution in [2.75, 3.05) is 0 Å². The van der Waals surface area contributed by atoms with Crippen molar-refractivity contribution in [1.82, 2.24) is 4.57 Å². The van der Waals surface area contributed by atoms with Crippen LogP contribution in [-0.2, 0) is 16.1 Å². The number of esters is 1. The highest BCUT2D eigenvalue weighted by Gasteiger charge is 2.27. The van der Waals surface area contributed by atoms with Gasteiger partial charge in [0.05, 0.1) is 18.4 Å². The lowest BCUT2D eigenvalue weighted by molar-refractivity contribution is -0.129. The van der Waals surface area contributed by atoms with E-state index in [4.69, 9.17) is 9.15 Å². The summed E-state index contributed by atoms with van der Waals surface area (Å²) in [5.41, 5.74) is 2.31. The van der Waals surface area contributed by atoms with Crippen LogP contribution in [0.3, 0.4) is 0 Å². The number of rotatable bonds is 4. The Labute approximate surface area is 135 Å². The van der Waals surface area contributed by atoms with Gasteiger partial charge in [0.2, 0.25) is 0 Å². The smallest absolute Gasteiger partial charge is 0.340 e. The summed E-state index contributed by atoms with van der Waals surface area (Å²) < 4.78 is 12.8. The zero-order valence-electron chi connectivity index (χ0n) is 13.5. The van der Waals surface area contributed by atoms with Crippen molar-refractivity contribution in [2.45, 2.75) is 52.2 Å². The first kappa shape index (κ1) is 15.6. The van der Waals surface area contributed by atoms with Crippen LogP contribution in [0.4, 0.5) is 0 Å². The van der Waals surface area contributed by atoms with Crippen LogP contribution in [0, 0.1) is 13.8 Å². The molecule has 122 valence electrons. The fourth-order valence-electron chi connectivity index (χ4n) is 3.08. The first-order valence-corrected chi connectivity index (χ1v) is 7.99. The molecular formula is C18H21NO4. The Morgan fingerprint density at radius 1 is 1.39 bits per heavy atom. The molecule has 2 heterocycles. The van der Waals surface area contributed by atoms with Gasteiger partial charge in [0.1, 0.15) is 5.76 Å². The molecule has 5 heteroatoms. The molecule has 23 heavy (non-hydrogen) atoms.